The van der Waals surface area contributed by atoms with Crippen LogP contribution in [0.25, 0.3) is 0 Å². The standard InChI is InChI=1S/C16H22N2O2S/c1-2-3-15-8-9-18(13-15)10-11-21(19,20)16-6-4-14(12-17)5-7-16/h4-7,15H,2-3,8-11,13H2,1H3. The largest absolute Gasteiger partial charge is 0.302 e. The fraction of sp³-hybridized carbons (Fsp3) is 0.562. The molecule has 1 aromatic carbocycles. The smallest absolute Gasteiger partial charge is 0.179 e. The van der Waals surface area contributed by atoms with E-state index < -0.39 is 9.84 Å². The van der Waals surface area contributed by atoms with E-state index in [0.717, 1.165) is 19.0 Å². The monoisotopic (exact) mass is 306 g/mol. The Morgan fingerprint density at radius 3 is 2.67 bits per heavy atom. The quantitative estimate of drug-likeness (QED) is 0.810. The normalized spacial score (nSPS) is 19.5. The van der Waals surface area contributed by atoms with Gasteiger partial charge < -0.3 is 4.90 Å². The third-order valence-corrected chi connectivity index (χ3v) is 5.80. The number of benzene rings is 1. The van der Waals surface area contributed by atoms with Crippen LogP contribution in [0.2, 0.25) is 0 Å². The Balaban J connectivity index is 1.91. The molecule has 1 aromatic rings. The molecular weight excluding hydrogens is 284 g/mol. The van der Waals surface area contributed by atoms with Gasteiger partial charge in [0, 0.05) is 13.1 Å². The highest BCUT2D eigenvalue weighted by Crippen LogP contribution is 2.21. The Kier molecular flexibility index (Phi) is 5.38. The van der Waals surface area contributed by atoms with Crippen LogP contribution in [0.15, 0.2) is 29.2 Å². The number of likely N-dealkylation sites (tertiary alicyclic amines) is 1. The lowest BCUT2D eigenvalue weighted by Gasteiger charge is -2.15. The predicted octanol–water partition coefficient (Wildman–Crippen LogP) is 2.45. The number of rotatable bonds is 6. The molecule has 0 amide bonds. The highest BCUT2D eigenvalue weighted by molar-refractivity contribution is 7.91. The van der Waals surface area contributed by atoms with E-state index >= 15 is 0 Å². The lowest BCUT2D eigenvalue weighted by molar-refractivity contribution is 0.338. The lowest BCUT2D eigenvalue weighted by atomic mass is 10.0. The summed E-state index contributed by atoms with van der Waals surface area (Å²) in [6, 6.07) is 8.16. The van der Waals surface area contributed by atoms with Crippen molar-refractivity contribution in [2.75, 3.05) is 25.4 Å². The summed E-state index contributed by atoms with van der Waals surface area (Å²) in [7, 11) is -3.25. The van der Waals surface area contributed by atoms with Crippen molar-refractivity contribution < 1.29 is 8.42 Å². The van der Waals surface area contributed by atoms with Gasteiger partial charge in [-0.15, -0.1) is 0 Å². The van der Waals surface area contributed by atoms with Crippen LogP contribution in [-0.2, 0) is 9.84 Å². The highest BCUT2D eigenvalue weighted by Gasteiger charge is 2.23. The van der Waals surface area contributed by atoms with Crippen molar-refractivity contribution in [2.24, 2.45) is 5.92 Å². The second-order valence-electron chi connectivity index (χ2n) is 5.70. The minimum Gasteiger partial charge on any atom is -0.302 e. The first-order valence-corrected chi connectivity index (χ1v) is 9.15. The van der Waals surface area contributed by atoms with Crippen molar-refractivity contribution in [3.05, 3.63) is 29.8 Å². The van der Waals surface area contributed by atoms with Crippen molar-refractivity contribution in [2.45, 2.75) is 31.1 Å². The fourth-order valence-electron chi connectivity index (χ4n) is 2.86. The van der Waals surface area contributed by atoms with Crippen LogP contribution in [0.1, 0.15) is 31.7 Å². The zero-order chi connectivity index (χ0) is 15.3. The van der Waals surface area contributed by atoms with Gasteiger partial charge in [0.25, 0.3) is 0 Å². The number of sulfone groups is 1. The maximum Gasteiger partial charge on any atom is 0.179 e. The van der Waals surface area contributed by atoms with Gasteiger partial charge in [0.1, 0.15) is 0 Å². The molecule has 1 heterocycles. The summed E-state index contributed by atoms with van der Waals surface area (Å²) in [5.41, 5.74) is 0.482. The van der Waals surface area contributed by atoms with Gasteiger partial charge in [-0.2, -0.15) is 5.26 Å². The second kappa shape index (κ2) is 7.06. The SMILES string of the molecule is CCCC1CCN(CCS(=O)(=O)c2ccc(C#N)cc2)C1. The summed E-state index contributed by atoms with van der Waals surface area (Å²) in [6.45, 7) is 4.82. The zero-order valence-corrected chi connectivity index (χ0v) is 13.3. The van der Waals surface area contributed by atoms with Crippen LogP contribution < -0.4 is 0 Å². The summed E-state index contributed by atoms with van der Waals surface area (Å²) in [6.07, 6.45) is 3.62. The van der Waals surface area contributed by atoms with E-state index in [1.54, 1.807) is 12.1 Å². The van der Waals surface area contributed by atoms with Gasteiger partial charge in [-0.05, 0) is 49.6 Å². The van der Waals surface area contributed by atoms with E-state index in [2.05, 4.69) is 11.8 Å². The highest BCUT2D eigenvalue weighted by atomic mass is 32.2. The van der Waals surface area contributed by atoms with Crippen LogP contribution in [0, 0.1) is 17.2 Å². The molecule has 0 spiro atoms. The molecule has 0 radical (unpaired) electrons. The summed E-state index contributed by atoms with van der Waals surface area (Å²) in [4.78, 5) is 2.56. The Labute approximate surface area is 127 Å². The molecular formula is C16H22N2O2S. The summed E-state index contributed by atoms with van der Waals surface area (Å²) < 4.78 is 24.6. The van der Waals surface area contributed by atoms with E-state index in [-0.39, 0.29) is 5.75 Å². The molecule has 4 nitrogen and oxygen atoms in total. The maximum atomic E-state index is 12.3. The van der Waals surface area contributed by atoms with Crippen LogP contribution >= 0.6 is 0 Å². The summed E-state index contributed by atoms with van der Waals surface area (Å²) in [5, 5.41) is 8.74. The molecule has 1 saturated heterocycles. The second-order valence-corrected chi connectivity index (χ2v) is 7.81. The molecule has 21 heavy (non-hydrogen) atoms. The molecule has 1 atom stereocenters. The van der Waals surface area contributed by atoms with E-state index in [0.29, 0.717) is 17.0 Å². The van der Waals surface area contributed by atoms with Crippen LogP contribution in [0.3, 0.4) is 0 Å². The van der Waals surface area contributed by atoms with Gasteiger partial charge in [0.05, 0.1) is 22.3 Å². The molecule has 1 aliphatic heterocycles. The van der Waals surface area contributed by atoms with Crippen LogP contribution in [-0.4, -0.2) is 38.7 Å². The number of nitriles is 1. The van der Waals surface area contributed by atoms with Crippen molar-refractivity contribution in [3.63, 3.8) is 0 Å². The van der Waals surface area contributed by atoms with Gasteiger partial charge in [-0.1, -0.05) is 13.3 Å². The van der Waals surface area contributed by atoms with Crippen molar-refractivity contribution in [1.82, 2.24) is 4.90 Å². The molecule has 0 N–H and O–H groups in total. The van der Waals surface area contributed by atoms with Gasteiger partial charge in [0.15, 0.2) is 9.84 Å². The molecule has 0 bridgehead atoms. The maximum absolute atomic E-state index is 12.3. The molecule has 114 valence electrons. The topological polar surface area (TPSA) is 61.2 Å². The third-order valence-electron chi connectivity index (χ3n) is 4.09. The molecule has 1 aliphatic rings. The molecule has 0 aromatic heterocycles. The van der Waals surface area contributed by atoms with E-state index in [1.165, 1.54) is 31.4 Å². The molecule has 1 fully saturated rings. The molecule has 0 saturated carbocycles. The minimum atomic E-state index is -3.25. The molecule has 0 aliphatic carbocycles. The number of hydrogen-bond acceptors (Lipinski definition) is 4. The van der Waals surface area contributed by atoms with E-state index in [1.807, 2.05) is 6.07 Å². The van der Waals surface area contributed by atoms with E-state index in [9.17, 15) is 8.42 Å². The van der Waals surface area contributed by atoms with Gasteiger partial charge >= 0.3 is 0 Å². The van der Waals surface area contributed by atoms with Gasteiger partial charge in [-0.3, -0.25) is 0 Å². The summed E-state index contributed by atoms with van der Waals surface area (Å²) >= 11 is 0. The van der Waals surface area contributed by atoms with Crippen LogP contribution in [0.5, 0.6) is 0 Å². The minimum absolute atomic E-state index is 0.151. The van der Waals surface area contributed by atoms with Crippen molar-refractivity contribution >= 4 is 9.84 Å². The Morgan fingerprint density at radius 2 is 2.05 bits per heavy atom. The van der Waals surface area contributed by atoms with Crippen LogP contribution in [0.4, 0.5) is 0 Å². The Morgan fingerprint density at radius 1 is 1.33 bits per heavy atom. The van der Waals surface area contributed by atoms with E-state index in [4.69, 9.17) is 5.26 Å². The predicted molar refractivity (Wildman–Crippen MR) is 82.7 cm³/mol. The third kappa shape index (κ3) is 4.29. The molecule has 2 rings (SSSR count). The first-order chi connectivity index (χ1) is 10.0. The average molecular weight is 306 g/mol. The fourth-order valence-corrected chi connectivity index (χ4v) is 4.15. The number of hydrogen-bond donors (Lipinski definition) is 0. The van der Waals surface area contributed by atoms with Gasteiger partial charge in [-0.25, -0.2) is 8.42 Å². The first kappa shape index (κ1) is 16.0. The lowest BCUT2D eigenvalue weighted by Crippen LogP contribution is -2.27. The van der Waals surface area contributed by atoms with Gasteiger partial charge in [0.2, 0.25) is 0 Å². The zero-order valence-electron chi connectivity index (χ0n) is 12.5. The van der Waals surface area contributed by atoms with Crippen molar-refractivity contribution in [1.29, 1.82) is 5.26 Å². The first-order valence-electron chi connectivity index (χ1n) is 7.50. The Hall–Kier alpha value is -1.38. The molecule has 5 heteroatoms. The average Bonchev–Trinajstić information content (AvgIpc) is 2.93. The summed E-state index contributed by atoms with van der Waals surface area (Å²) in [5.74, 6) is 0.880. The molecule has 1 unspecified atom stereocenters. The van der Waals surface area contributed by atoms with Crippen molar-refractivity contribution in [3.8, 4) is 6.07 Å². The number of nitrogens with zero attached hydrogens (tertiary/aromatic N) is 2. The Bertz CT molecular complexity index is 602.